The Morgan fingerprint density at radius 2 is 2.04 bits per heavy atom. The van der Waals surface area contributed by atoms with E-state index in [1.54, 1.807) is 11.8 Å². The summed E-state index contributed by atoms with van der Waals surface area (Å²) in [6.07, 6.45) is 3.64. The smallest absolute Gasteiger partial charge is 0.308 e. The first-order chi connectivity index (χ1) is 13.5. The van der Waals surface area contributed by atoms with Crippen molar-refractivity contribution in [1.82, 2.24) is 5.32 Å². The Morgan fingerprint density at radius 3 is 2.82 bits per heavy atom. The van der Waals surface area contributed by atoms with Crippen LogP contribution in [-0.4, -0.2) is 42.2 Å². The van der Waals surface area contributed by atoms with Crippen LogP contribution in [0.4, 0.5) is 5.69 Å². The van der Waals surface area contributed by atoms with Crippen molar-refractivity contribution in [3.05, 3.63) is 24.3 Å². The van der Waals surface area contributed by atoms with Gasteiger partial charge >= 0.3 is 5.97 Å². The highest BCUT2D eigenvalue weighted by molar-refractivity contribution is 8.00. The topological polar surface area (TPSA) is 75.7 Å². The summed E-state index contributed by atoms with van der Waals surface area (Å²) >= 11 is 1.51. The number of hydrogen-bond donors (Lipinski definition) is 1. The zero-order chi connectivity index (χ0) is 20.1. The number of esters is 1. The van der Waals surface area contributed by atoms with Crippen LogP contribution in [0.25, 0.3) is 0 Å². The number of nitrogens with one attached hydrogen (secondary N) is 1. The normalized spacial score (nSPS) is 22.9. The molecule has 1 fully saturated rings. The molecule has 0 aromatic heterocycles. The van der Waals surface area contributed by atoms with Crippen LogP contribution in [0.5, 0.6) is 0 Å². The molecule has 152 valence electrons. The molecule has 3 atom stereocenters. The number of fused-ring (bicyclic) bond motifs is 1. The predicted molar refractivity (Wildman–Crippen MR) is 109 cm³/mol. The van der Waals surface area contributed by atoms with Gasteiger partial charge in [-0.05, 0) is 37.8 Å². The van der Waals surface area contributed by atoms with Gasteiger partial charge in [0.1, 0.15) is 0 Å². The van der Waals surface area contributed by atoms with Crippen molar-refractivity contribution in [2.45, 2.75) is 63.0 Å². The first-order valence-corrected chi connectivity index (χ1v) is 11.0. The fourth-order valence-corrected chi connectivity index (χ4v) is 4.68. The molecule has 6 nitrogen and oxygen atoms in total. The number of anilines is 1. The molecule has 0 spiro atoms. The van der Waals surface area contributed by atoms with Gasteiger partial charge < -0.3 is 15.0 Å². The summed E-state index contributed by atoms with van der Waals surface area (Å²) in [4.78, 5) is 39.5. The lowest BCUT2D eigenvalue weighted by Crippen LogP contribution is -2.46. The summed E-state index contributed by atoms with van der Waals surface area (Å²) in [5, 5.41) is 3.02. The molecule has 1 aliphatic heterocycles. The summed E-state index contributed by atoms with van der Waals surface area (Å²) in [6.45, 7) is 3.99. The van der Waals surface area contributed by atoms with Gasteiger partial charge in [-0.2, -0.15) is 0 Å². The summed E-state index contributed by atoms with van der Waals surface area (Å²) in [5.41, 5.74) is 0.827. The predicted octanol–water partition coefficient (Wildman–Crippen LogP) is 3.14. The lowest BCUT2D eigenvalue weighted by atomic mass is 9.86. The molecule has 7 heteroatoms. The van der Waals surface area contributed by atoms with Crippen LogP contribution >= 0.6 is 11.8 Å². The standard InChI is InChI=1S/C21H28N2O4S/c1-14-7-3-4-8-16(14)22-21(26)15(2)27-20(25)11-12-23-17-9-5-6-10-18(17)28-13-19(23)24/h5-6,9-10,14-16H,3-4,7-8,11-13H2,1-2H3,(H,22,26)/t14-,15-,16-/m1/s1. The molecule has 1 heterocycles. The Hall–Kier alpha value is -2.02. The minimum Gasteiger partial charge on any atom is -0.452 e. The molecule has 2 amide bonds. The van der Waals surface area contributed by atoms with E-state index in [0.717, 1.165) is 29.8 Å². The number of ether oxygens (including phenoxy) is 1. The number of carbonyl (C=O) groups excluding carboxylic acids is 3. The maximum absolute atomic E-state index is 12.4. The van der Waals surface area contributed by atoms with Crippen molar-refractivity contribution in [2.75, 3.05) is 17.2 Å². The highest BCUT2D eigenvalue weighted by atomic mass is 32.2. The van der Waals surface area contributed by atoms with Crippen LogP contribution in [0.3, 0.4) is 0 Å². The second-order valence-electron chi connectivity index (χ2n) is 7.56. The van der Waals surface area contributed by atoms with Crippen LogP contribution in [0.1, 0.15) is 46.0 Å². The average molecular weight is 405 g/mol. The molecule has 1 aromatic carbocycles. The van der Waals surface area contributed by atoms with E-state index >= 15 is 0 Å². The summed E-state index contributed by atoms with van der Waals surface area (Å²) in [7, 11) is 0. The van der Waals surface area contributed by atoms with Crippen molar-refractivity contribution in [3.8, 4) is 0 Å². The van der Waals surface area contributed by atoms with Crippen molar-refractivity contribution < 1.29 is 19.1 Å². The van der Waals surface area contributed by atoms with Crippen molar-refractivity contribution >= 4 is 35.2 Å². The fraction of sp³-hybridized carbons (Fsp3) is 0.571. The summed E-state index contributed by atoms with van der Waals surface area (Å²) < 4.78 is 5.31. The first-order valence-electron chi connectivity index (χ1n) is 9.97. The van der Waals surface area contributed by atoms with Gasteiger partial charge in [-0.15, -0.1) is 11.8 Å². The van der Waals surface area contributed by atoms with Gasteiger partial charge in [-0.1, -0.05) is 31.9 Å². The first kappa shape index (κ1) is 20.7. The quantitative estimate of drug-likeness (QED) is 0.737. The maximum atomic E-state index is 12.4. The molecule has 0 bridgehead atoms. The van der Waals surface area contributed by atoms with E-state index in [0.29, 0.717) is 11.7 Å². The Bertz CT molecular complexity index is 739. The van der Waals surface area contributed by atoms with E-state index in [1.807, 2.05) is 24.3 Å². The maximum Gasteiger partial charge on any atom is 0.308 e. The van der Waals surface area contributed by atoms with E-state index in [4.69, 9.17) is 4.74 Å². The Morgan fingerprint density at radius 1 is 1.29 bits per heavy atom. The van der Waals surface area contributed by atoms with Gasteiger partial charge in [0.25, 0.3) is 5.91 Å². The molecule has 3 rings (SSSR count). The molecule has 28 heavy (non-hydrogen) atoms. The molecule has 1 saturated carbocycles. The van der Waals surface area contributed by atoms with Gasteiger partial charge in [0.05, 0.1) is 17.9 Å². The number of nitrogens with zero attached hydrogens (tertiary/aromatic N) is 1. The second-order valence-corrected chi connectivity index (χ2v) is 8.58. The lowest BCUT2D eigenvalue weighted by molar-refractivity contribution is -0.155. The van der Waals surface area contributed by atoms with E-state index in [-0.39, 0.29) is 30.8 Å². The van der Waals surface area contributed by atoms with Crippen molar-refractivity contribution in [1.29, 1.82) is 0 Å². The molecule has 1 aliphatic carbocycles. The molecule has 1 aromatic rings. The van der Waals surface area contributed by atoms with Gasteiger partial charge in [0, 0.05) is 17.5 Å². The average Bonchev–Trinajstić information content (AvgIpc) is 2.69. The molecule has 0 radical (unpaired) electrons. The van der Waals surface area contributed by atoms with Gasteiger partial charge in [0.2, 0.25) is 5.91 Å². The number of rotatable bonds is 6. The highest BCUT2D eigenvalue weighted by Crippen LogP contribution is 2.34. The van der Waals surface area contributed by atoms with E-state index < -0.39 is 12.1 Å². The number of benzene rings is 1. The van der Waals surface area contributed by atoms with Crippen LogP contribution in [0, 0.1) is 5.92 Å². The third-order valence-corrected chi connectivity index (χ3v) is 6.51. The van der Waals surface area contributed by atoms with Crippen molar-refractivity contribution in [3.63, 3.8) is 0 Å². The molecule has 0 unspecified atom stereocenters. The van der Waals surface area contributed by atoms with E-state index in [1.165, 1.54) is 18.2 Å². The van der Waals surface area contributed by atoms with Crippen molar-refractivity contribution in [2.24, 2.45) is 5.92 Å². The Labute approximate surface area is 170 Å². The number of para-hydroxylation sites is 1. The molecular weight excluding hydrogens is 376 g/mol. The SMILES string of the molecule is C[C@@H]1CCCC[C@H]1NC(=O)[C@@H](C)OC(=O)CCN1C(=O)CSc2ccccc21. The lowest BCUT2D eigenvalue weighted by Gasteiger charge is -2.30. The molecule has 0 saturated heterocycles. The Kier molecular flexibility index (Phi) is 6.99. The van der Waals surface area contributed by atoms with Gasteiger partial charge in [-0.3, -0.25) is 14.4 Å². The largest absolute Gasteiger partial charge is 0.452 e. The third kappa shape index (κ3) is 5.07. The van der Waals surface area contributed by atoms with Gasteiger partial charge in [0.15, 0.2) is 6.10 Å². The van der Waals surface area contributed by atoms with Crippen LogP contribution < -0.4 is 10.2 Å². The Balaban J connectivity index is 1.49. The summed E-state index contributed by atoms with van der Waals surface area (Å²) in [5.74, 6) is 0.0766. The highest BCUT2D eigenvalue weighted by Gasteiger charge is 2.28. The second kappa shape index (κ2) is 9.45. The van der Waals surface area contributed by atoms with E-state index in [2.05, 4.69) is 12.2 Å². The minimum absolute atomic E-state index is 0.0198. The number of amides is 2. The van der Waals surface area contributed by atoms with Gasteiger partial charge in [-0.25, -0.2) is 0 Å². The molecular formula is C21H28N2O4S. The number of carbonyl (C=O) groups is 3. The molecule has 1 N–H and O–H groups in total. The number of thioether (sulfide) groups is 1. The fourth-order valence-electron chi connectivity index (χ4n) is 3.74. The zero-order valence-electron chi connectivity index (χ0n) is 16.5. The van der Waals surface area contributed by atoms with Crippen LogP contribution in [0.15, 0.2) is 29.2 Å². The molecule has 2 aliphatic rings. The number of hydrogen-bond acceptors (Lipinski definition) is 5. The van der Waals surface area contributed by atoms with Crippen LogP contribution in [-0.2, 0) is 19.1 Å². The summed E-state index contributed by atoms with van der Waals surface area (Å²) in [6, 6.07) is 7.81. The third-order valence-electron chi connectivity index (χ3n) is 5.46. The monoisotopic (exact) mass is 404 g/mol. The minimum atomic E-state index is -0.832. The van der Waals surface area contributed by atoms with E-state index in [9.17, 15) is 14.4 Å². The zero-order valence-corrected chi connectivity index (χ0v) is 17.3. The van der Waals surface area contributed by atoms with Crippen LogP contribution in [0.2, 0.25) is 0 Å².